The second-order valence-electron chi connectivity index (χ2n) is 5.54. The molecule has 2 rings (SSSR count). The van der Waals surface area contributed by atoms with Crippen LogP contribution in [0.4, 0.5) is 10.1 Å². The number of nitrogens with one attached hydrogen (secondary N) is 1. The number of hydrogen-bond donors (Lipinski definition) is 1. The number of amides is 2. The Morgan fingerprint density at radius 2 is 1.91 bits per heavy atom. The fraction of sp³-hybridized carbons (Fsp3) is 0.500. The lowest BCUT2D eigenvalue weighted by atomic mass is 10.2. The lowest BCUT2D eigenvalue weighted by Gasteiger charge is -2.26. The number of benzene rings is 1. The first-order valence-electron chi connectivity index (χ1n) is 7.54. The first kappa shape index (κ1) is 16.4. The minimum Gasteiger partial charge on any atom is -0.342 e. The first-order valence-corrected chi connectivity index (χ1v) is 7.54. The molecule has 1 aliphatic heterocycles. The predicted octanol–water partition coefficient (Wildman–Crippen LogP) is 1.71. The smallest absolute Gasteiger partial charge is 0.241 e. The third-order valence-electron chi connectivity index (χ3n) is 4.03. The molecular formula is C16H22FN3O2. The highest BCUT2D eigenvalue weighted by Gasteiger charge is 2.25. The van der Waals surface area contributed by atoms with Crippen molar-refractivity contribution in [1.82, 2.24) is 9.80 Å². The van der Waals surface area contributed by atoms with Crippen molar-refractivity contribution >= 4 is 17.5 Å². The van der Waals surface area contributed by atoms with E-state index in [0.717, 1.165) is 13.0 Å². The van der Waals surface area contributed by atoms with Crippen LogP contribution in [-0.2, 0) is 9.59 Å². The van der Waals surface area contributed by atoms with Gasteiger partial charge < -0.3 is 10.2 Å². The summed E-state index contributed by atoms with van der Waals surface area (Å²) in [4.78, 5) is 27.5. The van der Waals surface area contributed by atoms with Crippen molar-refractivity contribution in [1.29, 1.82) is 0 Å². The molecule has 1 N–H and O–H groups in total. The molecule has 1 unspecified atom stereocenters. The van der Waals surface area contributed by atoms with Crippen LogP contribution < -0.4 is 5.32 Å². The van der Waals surface area contributed by atoms with E-state index in [-0.39, 0.29) is 23.5 Å². The summed E-state index contributed by atoms with van der Waals surface area (Å²) in [5.41, 5.74) is 0.194. The van der Waals surface area contributed by atoms with Crippen LogP contribution in [0.5, 0.6) is 0 Å². The molecule has 1 heterocycles. The molecule has 0 spiro atoms. The minimum absolute atomic E-state index is 0.0605. The monoisotopic (exact) mass is 307 g/mol. The van der Waals surface area contributed by atoms with Crippen molar-refractivity contribution in [3.8, 4) is 0 Å². The zero-order chi connectivity index (χ0) is 16.1. The maximum atomic E-state index is 13.6. The topological polar surface area (TPSA) is 52.7 Å². The Kier molecular flexibility index (Phi) is 5.49. The zero-order valence-electron chi connectivity index (χ0n) is 13.0. The van der Waals surface area contributed by atoms with Crippen LogP contribution in [0.2, 0.25) is 0 Å². The first-order chi connectivity index (χ1) is 10.5. The summed E-state index contributed by atoms with van der Waals surface area (Å²) in [5, 5.41) is 2.63. The SMILES string of the molecule is CC(=O)N1CCCN(C(C)C(=O)Nc2ccccc2F)CC1. The van der Waals surface area contributed by atoms with Gasteiger partial charge in [-0.1, -0.05) is 12.1 Å². The Balaban J connectivity index is 1.96. The van der Waals surface area contributed by atoms with Gasteiger partial charge in [-0.05, 0) is 25.5 Å². The van der Waals surface area contributed by atoms with Gasteiger partial charge in [0.15, 0.2) is 0 Å². The number of nitrogens with zero attached hydrogens (tertiary/aromatic N) is 2. The Bertz CT molecular complexity index is 550. The van der Waals surface area contributed by atoms with Crippen molar-refractivity contribution < 1.29 is 14.0 Å². The van der Waals surface area contributed by atoms with Gasteiger partial charge in [0.1, 0.15) is 5.82 Å². The summed E-state index contributed by atoms with van der Waals surface area (Å²) in [6, 6.07) is 5.75. The molecule has 1 atom stereocenters. The van der Waals surface area contributed by atoms with E-state index in [1.54, 1.807) is 36.9 Å². The van der Waals surface area contributed by atoms with E-state index in [0.29, 0.717) is 19.6 Å². The largest absolute Gasteiger partial charge is 0.342 e. The van der Waals surface area contributed by atoms with E-state index >= 15 is 0 Å². The molecule has 0 aliphatic carbocycles. The average Bonchev–Trinajstić information content (AvgIpc) is 2.74. The van der Waals surface area contributed by atoms with Gasteiger partial charge in [0.25, 0.3) is 0 Å². The lowest BCUT2D eigenvalue weighted by molar-refractivity contribution is -0.128. The van der Waals surface area contributed by atoms with Gasteiger partial charge in [0.05, 0.1) is 11.7 Å². The van der Waals surface area contributed by atoms with Gasteiger partial charge in [-0.3, -0.25) is 14.5 Å². The summed E-state index contributed by atoms with van der Waals surface area (Å²) < 4.78 is 13.6. The minimum atomic E-state index is -0.443. The number of rotatable bonds is 3. The Morgan fingerprint density at radius 3 is 2.59 bits per heavy atom. The van der Waals surface area contributed by atoms with E-state index in [2.05, 4.69) is 5.32 Å². The van der Waals surface area contributed by atoms with Crippen molar-refractivity contribution in [2.24, 2.45) is 0 Å². The molecule has 0 saturated carbocycles. The van der Waals surface area contributed by atoms with E-state index in [1.165, 1.54) is 6.07 Å². The van der Waals surface area contributed by atoms with Crippen molar-refractivity contribution in [3.05, 3.63) is 30.1 Å². The maximum Gasteiger partial charge on any atom is 0.241 e. The summed E-state index contributed by atoms with van der Waals surface area (Å²) in [6.45, 7) is 6.09. The van der Waals surface area contributed by atoms with Crippen LogP contribution in [0.3, 0.4) is 0 Å². The number of carbonyl (C=O) groups is 2. The van der Waals surface area contributed by atoms with Crippen molar-refractivity contribution in [3.63, 3.8) is 0 Å². The zero-order valence-corrected chi connectivity index (χ0v) is 13.0. The van der Waals surface area contributed by atoms with Gasteiger partial charge in [0, 0.05) is 33.1 Å². The molecule has 0 radical (unpaired) electrons. The van der Waals surface area contributed by atoms with Gasteiger partial charge in [-0.25, -0.2) is 4.39 Å². The quantitative estimate of drug-likeness (QED) is 0.925. The van der Waals surface area contributed by atoms with Crippen LogP contribution in [0.1, 0.15) is 20.3 Å². The Morgan fingerprint density at radius 1 is 1.18 bits per heavy atom. The Hall–Kier alpha value is -1.95. The van der Waals surface area contributed by atoms with Crippen LogP contribution in [0.15, 0.2) is 24.3 Å². The van der Waals surface area contributed by atoms with Gasteiger partial charge in [-0.2, -0.15) is 0 Å². The second-order valence-corrected chi connectivity index (χ2v) is 5.54. The lowest BCUT2D eigenvalue weighted by Crippen LogP contribution is -2.44. The molecule has 1 fully saturated rings. The number of hydrogen-bond acceptors (Lipinski definition) is 3. The second kappa shape index (κ2) is 7.35. The van der Waals surface area contributed by atoms with E-state index < -0.39 is 5.82 Å². The van der Waals surface area contributed by atoms with Crippen LogP contribution in [0, 0.1) is 5.82 Å². The fourth-order valence-electron chi connectivity index (χ4n) is 2.61. The molecule has 22 heavy (non-hydrogen) atoms. The summed E-state index contributed by atoms with van der Waals surface area (Å²) >= 11 is 0. The van der Waals surface area contributed by atoms with Crippen molar-refractivity contribution in [2.45, 2.75) is 26.3 Å². The molecule has 0 aromatic heterocycles. The Labute approximate surface area is 130 Å². The molecule has 120 valence electrons. The molecule has 1 saturated heterocycles. The predicted molar refractivity (Wildman–Crippen MR) is 82.9 cm³/mol. The molecule has 1 aromatic carbocycles. The van der Waals surface area contributed by atoms with E-state index in [4.69, 9.17) is 0 Å². The van der Waals surface area contributed by atoms with Crippen LogP contribution in [-0.4, -0.2) is 53.8 Å². The van der Waals surface area contributed by atoms with E-state index in [9.17, 15) is 14.0 Å². The number of halogens is 1. The highest BCUT2D eigenvalue weighted by molar-refractivity contribution is 5.94. The maximum absolute atomic E-state index is 13.6. The molecule has 0 bridgehead atoms. The standard InChI is InChI=1S/C16H22FN3O2/c1-12(16(22)18-15-7-4-3-6-14(15)17)19-8-5-9-20(11-10-19)13(2)21/h3-4,6-7,12H,5,8-11H2,1-2H3,(H,18,22). The summed E-state index contributed by atoms with van der Waals surface area (Å²) in [6.07, 6.45) is 0.830. The van der Waals surface area contributed by atoms with Crippen molar-refractivity contribution in [2.75, 3.05) is 31.5 Å². The number of para-hydroxylation sites is 1. The molecule has 1 aromatic rings. The van der Waals surface area contributed by atoms with E-state index in [1.807, 2.05) is 4.90 Å². The average molecular weight is 307 g/mol. The molecule has 6 heteroatoms. The van der Waals surface area contributed by atoms with Gasteiger partial charge in [0.2, 0.25) is 11.8 Å². The third-order valence-corrected chi connectivity index (χ3v) is 4.03. The number of carbonyl (C=O) groups excluding carboxylic acids is 2. The molecule has 1 aliphatic rings. The highest BCUT2D eigenvalue weighted by Crippen LogP contribution is 2.14. The third kappa shape index (κ3) is 4.04. The van der Waals surface area contributed by atoms with Crippen LogP contribution >= 0.6 is 0 Å². The fourth-order valence-corrected chi connectivity index (χ4v) is 2.61. The molecule has 2 amide bonds. The van der Waals surface area contributed by atoms with Crippen LogP contribution in [0.25, 0.3) is 0 Å². The highest BCUT2D eigenvalue weighted by atomic mass is 19.1. The summed E-state index contributed by atoms with van der Waals surface area (Å²) in [5.74, 6) is -0.617. The number of anilines is 1. The molecular weight excluding hydrogens is 285 g/mol. The molecule has 5 nitrogen and oxygen atoms in total. The summed E-state index contributed by atoms with van der Waals surface area (Å²) in [7, 11) is 0. The van der Waals surface area contributed by atoms with Gasteiger partial charge >= 0.3 is 0 Å². The normalized spacial score (nSPS) is 17.7. The van der Waals surface area contributed by atoms with Gasteiger partial charge in [-0.15, -0.1) is 0 Å².